The highest BCUT2D eigenvalue weighted by Gasteiger charge is 2.20. The molecule has 138 valence electrons. The molecule has 0 aliphatic rings. The monoisotopic (exact) mass is 394 g/mol. The summed E-state index contributed by atoms with van der Waals surface area (Å²) in [5, 5.41) is 10.8. The molecule has 0 saturated carbocycles. The minimum atomic E-state index is -0.518. The Morgan fingerprint density at radius 3 is 2.46 bits per heavy atom. The fourth-order valence-electron chi connectivity index (χ4n) is 2.65. The Morgan fingerprint density at radius 2 is 1.85 bits per heavy atom. The molecule has 1 aromatic carbocycles. The van der Waals surface area contributed by atoms with Gasteiger partial charge in [0.2, 0.25) is 0 Å². The molecule has 0 fully saturated rings. The summed E-state index contributed by atoms with van der Waals surface area (Å²) in [5.41, 5.74) is 0.820. The molecule has 2 heterocycles. The molecule has 0 bridgehead atoms. The van der Waals surface area contributed by atoms with Crippen LogP contribution >= 0.6 is 23.4 Å². The van der Waals surface area contributed by atoms with Crippen molar-refractivity contribution in [3.05, 3.63) is 55.7 Å². The van der Waals surface area contributed by atoms with Gasteiger partial charge < -0.3 is 9.67 Å². The van der Waals surface area contributed by atoms with E-state index in [-0.39, 0.29) is 0 Å². The second-order valence-corrected chi connectivity index (χ2v) is 7.57. The molecule has 1 unspecified atom stereocenters. The van der Waals surface area contributed by atoms with E-state index in [0.717, 1.165) is 10.1 Å². The van der Waals surface area contributed by atoms with Crippen molar-refractivity contribution in [3.8, 4) is 0 Å². The number of halogens is 1. The van der Waals surface area contributed by atoms with Crippen LogP contribution in [0.5, 0.6) is 0 Å². The summed E-state index contributed by atoms with van der Waals surface area (Å²) in [4.78, 5) is 29.4. The molecule has 26 heavy (non-hydrogen) atoms. The maximum Gasteiger partial charge on any atom is 0.332 e. The van der Waals surface area contributed by atoms with E-state index in [1.165, 1.54) is 23.4 Å². The van der Waals surface area contributed by atoms with Crippen LogP contribution < -0.4 is 11.2 Å². The molecule has 1 atom stereocenters. The van der Waals surface area contributed by atoms with Crippen LogP contribution in [0.15, 0.2) is 39.0 Å². The van der Waals surface area contributed by atoms with Crippen LogP contribution in [-0.2, 0) is 20.6 Å². The van der Waals surface area contributed by atoms with Gasteiger partial charge in [0, 0.05) is 24.9 Å². The Labute approximate surface area is 158 Å². The number of fused-ring (bicyclic) bond motifs is 1. The predicted molar refractivity (Wildman–Crippen MR) is 103 cm³/mol. The third-order valence-electron chi connectivity index (χ3n) is 4.02. The highest BCUT2D eigenvalue weighted by Crippen LogP contribution is 2.24. The number of hydrogen-bond donors (Lipinski definition) is 1. The standard InChI is InChI=1S/C17H19ClN4O3S/c1-10(23)9-26-16-19-14-13(15(24)21(3)17(25)20(14)2)22(16)8-11-4-6-12(18)7-5-11/h4-7,10,23H,8-9H2,1-3H3. The van der Waals surface area contributed by atoms with Crippen molar-refractivity contribution in [2.75, 3.05) is 5.75 Å². The number of rotatable bonds is 5. The molecule has 2 aromatic heterocycles. The van der Waals surface area contributed by atoms with Crippen molar-refractivity contribution in [2.24, 2.45) is 14.1 Å². The van der Waals surface area contributed by atoms with Gasteiger partial charge in [0.15, 0.2) is 16.3 Å². The van der Waals surface area contributed by atoms with Gasteiger partial charge in [0.1, 0.15) is 0 Å². The van der Waals surface area contributed by atoms with Gasteiger partial charge in [-0.25, -0.2) is 9.78 Å². The molecule has 7 nitrogen and oxygen atoms in total. The number of imidazole rings is 1. The summed E-state index contributed by atoms with van der Waals surface area (Å²) >= 11 is 7.29. The van der Waals surface area contributed by atoms with Crippen molar-refractivity contribution in [3.63, 3.8) is 0 Å². The number of aryl methyl sites for hydroxylation is 1. The second kappa shape index (κ2) is 7.30. The third kappa shape index (κ3) is 3.44. The molecule has 0 radical (unpaired) electrons. The zero-order chi connectivity index (χ0) is 19.0. The van der Waals surface area contributed by atoms with Crippen LogP contribution in [0.2, 0.25) is 5.02 Å². The second-order valence-electron chi connectivity index (χ2n) is 6.14. The molecule has 0 aliphatic heterocycles. The first-order valence-corrected chi connectivity index (χ1v) is 9.37. The summed E-state index contributed by atoms with van der Waals surface area (Å²) in [7, 11) is 3.04. The Balaban J connectivity index is 2.22. The van der Waals surface area contributed by atoms with E-state index in [1.54, 1.807) is 30.7 Å². The van der Waals surface area contributed by atoms with Gasteiger partial charge >= 0.3 is 5.69 Å². The number of aliphatic hydroxyl groups is 1. The minimum Gasteiger partial charge on any atom is -0.393 e. The van der Waals surface area contributed by atoms with Crippen LogP contribution in [0.3, 0.4) is 0 Å². The topological polar surface area (TPSA) is 82.1 Å². The lowest BCUT2D eigenvalue weighted by atomic mass is 10.2. The lowest BCUT2D eigenvalue weighted by Gasteiger charge is -2.10. The van der Waals surface area contributed by atoms with Crippen LogP contribution in [0.4, 0.5) is 0 Å². The largest absolute Gasteiger partial charge is 0.393 e. The van der Waals surface area contributed by atoms with E-state index >= 15 is 0 Å². The molecular weight excluding hydrogens is 376 g/mol. The van der Waals surface area contributed by atoms with E-state index in [9.17, 15) is 14.7 Å². The smallest absolute Gasteiger partial charge is 0.332 e. The normalized spacial score (nSPS) is 12.7. The van der Waals surface area contributed by atoms with Crippen LogP contribution in [0, 0.1) is 0 Å². The van der Waals surface area contributed by atoms with E-state index in [0.29, 0.717) is 33.6 Å². The fourth-order valence-corrected chi connectivity index (χ4v) is 3.63. The van der Waals surface area contributed by atoms with Gasteiger partial charge in [0.05, 0.1) is 12.6 Å². The molecule has 0 amide bonds. The first kappa shape index (κ1) is 18.8. The number of thioether (sulfide) groups is 1. The summed E-state index contributed by atoms with van der Waals surface area (Å²) < 4.78 is 4.22. The van der Waals surface area contributed by atoms with Crippen molar-refractivity contribution < 1.29 is 5.11 Å². The van der Waals surface area contributed by atoms with Crippen molar-refractivity contribution in [1.29, 1.82) is 0 Å². The lowest BCUT2D eigenvalue weighted by molar-refractivity contribution is 0.220. The molecular formula is C17H19ClN4O3S. The fraction of sp³-hybridized carbons (Fsp3) is 0.353. The predicted octanol–water partition coefficient (Wildman–Crippen LogP) is 1.61. The quantitative estimate of drug-likeness (QED) is 0.665. The van der Waals surface area contributed by atoms with E-state index in [2.05, 4.69) is 4.98 Å². The third-order valence-corrected chi connectivity index (χ3v) is 5.49. The first-order chi connectivity index (χ1) is 12.3. The maximum atomic E-state index is 12.7. The zero-order valence-corrected chi connectivity index (χ0v) is 16.2. The van der Waals surface area contributed by atoms with Gasteiger partial charge in [-0.1, -0.05) is 35.5 Å². The number of nitrogens with zero attached hydrogens (tertiary/aromatic N) is 4. The van der Waals surface area contributed by atoms with E-state index in [4.69, 9.17) is 11.6 Å². The zero-order valence-electron chi connectivity index (χ0n) is 14.6. The molecule has 1 N–H and O–H groups in total. The first-order valence-electron chi connectivity index (χ1n) is 8.01. The molecule has 0 saturated heterocycles. The number of aromatic nitrogens is 4. The Bertz CT molecular complexity index is 1070. The molecule has 0 spiro atoms. The van der Waals surface area contributed by atoms with Gasteiger partial charge in [-0.2, -0.15) is 0 Å². The van der Waals surface area contributed by atoms with Crippen molar-refractivity contribution >= 4 is 34.5 Å². The van der Waals surface area contributed by atoms with Crippen molar-refractivity contribution in [1.82, 2.24) is 18.7 Å². The maximum absolute atomic E-state index is 12.7. The number of hydrogen-bond acceptors (Lipinski definition) is 5. The Morgan fingerprint density at radius 1 is 1.19 bits per heavy atom. The Hall–Kier alpha value is -2.03. The van der Waals surface area contributed by atoms with Gasteiger partial charge in [-0.3, -0.25) is 13.9 Å². The van der Waals surface area contributed by atoms with E-state index < -0.39 is 17.4 Å². The van der Waals surface area contributed by atoms with Crippen LogP contribution in [-0.4, -0.2) is 35.6 Å². The summed E-state index contributed by atoms with van der Waals surface area (Å²) in [6, 6.07) is 7.33. The highest BCUT2D eigenvalue weighted by molar-refractivity contribution is 7.99. The van der Waals surface area contributed by atoms with Gasteiger partial charge in [-0.05, 0) is 24.6 Å². The number of aliphatic hydroxyl groups excluding tert-OH is 1. The molecule has 3 aromatic rings. The summed E-state index contributed by atoms with van der Waals surface area (Å²) in [5.74, 6) is 0.429. The SMILES string of the molecule is CC(O)CSc1nc2c(c(=O)n(C)c(=O)n2C)n1Cc1ccc(Cl)cc1. The average Bonchev–Trinajstić information content (AvgIpc) is 2.96. The van der Waals surface area contributed by atoms with Crippen LogP contribution in [0.1, 0.15) is 12.5 Å². The molecule has 9 heteroatoms. The molecule has 3 rings (SSSR count). The minimum absolute atomic E-state index is 0.333. The number of benzene rings is 1. The van der Waals surface area contributed by atoms with Gasteiger partial charge in [-0.15, -0.1) is 0 Å². The highest BCUT2D eigenvalue weighted by atomic mass is 35.5. The Kier molecular flexibility index (Phi) is 5.27. The molecule has 0 aliphatic carbocycles. The van der Waals surface area contributed by atoms with Crippen LogP contribution in [0.25, 0.3) is 11.2 Å². The average molecular weight is 395 g/mol. The van der Waals surface area contributed by atoms with Gasteiger partial charge in [0.25, 0.3) is 5.56 Å². The lowest BCUT2D eigenvalue weighted by Crippen LogP contribution is -2.37. The van der Waals surface area contributed by atoms with Crippen molar-refractivity contribution in [2.45, 2.75) is 24.7 Å². The van der Waals surface area contributed by atoms with E-state index in [1.807, 2.05) is 12.1 Å². The summed E-state index contributed by atoms with van der Waals surface area (Å²) in [6.07, 6.45) is -0.518. The summed E-state index contributed by atoms with van der Waals surface area (Å²) in [6.45, 7) is 2.09.